The molecule has 0 spiro atoms. The maximum absolute atomic E-state index is 12.8. The van der Waals surface area contributed by atoms with Crippen LogP contribution in [0.3, 0.4) is 0 Å². The van der Waals surface area contributed by atoms with Gasteiger partial charge in [0.05, 0.1) is 17.8 Å². The molecule has 2 aromatic rings. The lowest BCUT2D eigenvalue weighted by Crippen LogP contribution is -2.80. The number of nitrogens with two attached hydrogens (primary N) is 1. The number of hydrogen-bond donors (Lipinski definition) is 1. The number of carbonyl (C=O) groups is 1. The third kappa shape index (κ3) is 2.94. The van der Waals surface area contributed by atoms with Crippen LogP contribution in [0.4, 0.5) is 26.4 Å². The number of pyridine rings is 1. The van der Waals surface area contributed by atoms with Gasteiger partial charge in [-0.3, -0.25) is 4.79 Å². The molecule has 9 nitrogen and oxygen atoms in total. The standard InChI is InChI=1S/C21H23F2N7O2/c1-10(31)28-8-16-15(28)9-30(16)18-5-14(12-4-17(32-20(22)23)19(24)25-6-12)26-21(27-18)29-7-11-2-13(29)3-11/h4-6,11,13,15-16,20H,2-3,7-9H2,1H3,(H2,24,25)/t11?,13?,15?,16-/m1/s1. The zero-order valence-corrected chi connectivity index (χ0v) is 17.5. The molecule has 4 aliphatic heterocycles. The van der Waals surface area contributed by atoms with E-state index in [2.05, 4.69) is 19.5 Å². The van der Waals surface area contributed by atoms with Crippen molar-refractivity contribution in [2.45, 2.75) is 44.5 Å². The first-order valence-electron chi connectivity index (χ1n) is 10.8. The molecule has 32 heavy (non-hydrogen) atoms. The Morgan fingerprint density at radius 1 is 1.16 bits per heavy atom. The normalized spacial score (nSPS) is 27.6. The van der Waals surface area contributed by atoms with E-state index < -0.39 is 6.61 Å². The van der Waals surface area contributed by atoms with E-state index >= 15 is 0 Å². The molecule has 2 atom stereocenters. The molecular formula is C21H23F2N7O2. The summed E-state index contributed by atoms with van der Waals surface area (Å²) >= 11 is 0. The summed E-state index contributed by atoms with van der Waals surface area (Å²) in [5.41, 5.74) is 6.81. The Morgan fingerprint density at radius 2 is 1.97 bits per heavy atom. The Morgan fingerprint density at radius 3 is 2.59 bits per heavy atom. The van der Waals surface area contributed by atoms with Crippen LogP contribution in [0.25, 0.3) is 11.3 Å². The number of fused-ring (bicyclic) bond motifs is 2. The van der Waals surface area contributed by atoms with Gasteiger partial charge in [0, 0.05) is 50.4 Å². The molecule has 2 aromatic heterocycles. The highest BCUT2D eigenvalue weighted by Crippen LogP contribution is 2.44. The Bertz CT molecular complexity index is 1090. The molecule has 0 aromatic carbocycles. The lowest BCUT2D eigenvalue weighted by Gasteiger charge is -2.62. The number of rotatable bonds is 5. The van der Waals surface area contributed by atoms with E-state index in [4.69, 9.17) is 15.7 Å². The number of carbonyl (C=O) groups excluding carboxylic acids is 1. The number of ether oxygens (including phenoxy) is 1. The van der Waals surface area contributed by atoms with Crippen molar-refractivity contribution in [1.29, 1.82) is 0 Å². The number of halogens is 2. The van der Waals surface area contributed by atoms with Crippen molar-refractivity contribution in [3.05, 3.63) is 18.3 Å². The highest BCUT2D eigenvalue weighted by atomic mass is 19.3. The van der Waals surface area contributed by atoms with Crippen LogP contribution in [-0.4, -0.2) is 70.1 Å². The van der Waals surface area contributed by atoms with Gasteiger partial charge in [-0.25, -0.2) is 9.97 Å². The van der Waals surface area contributed by atoms with Gasteiger partial charge in [-0.15, -0.1) is 0 Å². The summed E-state index contributed by atoms with van der Waals surface area (Å²) in [4.78, 5) is 31.6. The van der Waals surface area contributed by atoms with Crippen molar-refractivity contribution in [2.75, 3.05) is 35.2 Å². The minimum absolute atomic E-state index is 0.0892. The first-order valence-corrected chi connectivity index (χ1v) is 10.8. The summed E-state index contributed by atoms with van der Waals surface area (Å²) in [6.07, 6.45) is 3.81. The molecule has 1 saturated carbocycles. The molecule has 168 valence electrons. The Kier molecular flexibility index (Phi) is 4.18. The topological polar surface area (TPSA) is 101 Å². The van der Waals surface area contributed by atoms with Crippen LogP contribution in [0.15, 0.2) is 18.3 Å². The van der Waals surface area contributed by atoms with E-state index in [1.807, 2.05) is 11.0 Å². The third-order valence-electron chi connectivity index (χ3n) is 7.17. The van der Waals surface area contributed by atoms with Crippen LogP contribution in [0.1, 0.15) is 19.8 Å². The number of amides is 1. The van der Waals surface area contributed by atoms with Gasteiger partial charge in [0.15, 0.2) is 11.6 Å². The molecule has 5 aliphatic rings. The number of anilines is 3. The fourth-order valence-electron chi connectivity index (χ4n) is 5.29. The van der Waals surface area contributed by atoms with Crippen LogP contribution in [-0.2, 0) is 4.79 Å². The Balaban J connectivity index is 1.35. The van der Waals surface area contributed by atoms with Gasteiger partial charge in [-0.2, -0.15) is 13.8 Å². The number of alkyl halides is 2. The number of nitrogens with zero attached hydrogens (tertiary/aromatic N) is 6. The predicted molar refractivity (Wildman–Crippen MR) is 112 cm³/mol. The number of likely N-dealkylation sites (tertiary alicyclic amines) is 1. The lowest BCUT2D eigenvalue weighted by atomic mass is 9.85. The highest BCUT2D eigenvalue weighted by Gasteiger charge is 2.53. The van der Waals surface area contributed by atoms with Crippen LogP contribution >= 0.6 is 0 Å². The lowest BCUT2D eigenvalue weighted by molar-refractivity contribution is -0.141. The van der Waals surface area contributed by atoms with Crippen LogP contribution < -0.4 is 20.3 Å². The van der Waals surface area contributed by atoms with E-state index in [-0.39, 0.29) is 29.6 Å². The Labute approximate surface area is 183 Å². The molecule has 6 heterocycles. The van der Waals surface area contributed by atoms with Gasteiger partial charge in [0.1, 0.15) is 5.82 Å². The fraction of sp³-hybridized carbons (Fsp3) is 0.524. The fourth-order valence-corrected chi connectivity index (χ4v) is 5.29. The Hall–Kier alpha value is -3.24. The zero-order chi connectivity index (χ0) is 22.1. The number of aromatic nitrogens is 3. The molecule has 0 radical (unpaired) electrons. The monoisotopic (exact) mass is 443 g/mol. The molecule has 7 rings (SSSR count). The van der Waals surface area contributed by atoms with E-state index in [9.17, 15) is 13.6 Å². The first-order chi connectivity index (χ1) is 15.4. The molecular weight excluding hydrogens is 420 g/mol. The molecule has 5 fully saturated rings. The molecule has 11 heteroatoms. The molecule has 1 unspecified atom stereocenters. The second-order valence-electron chi connectivity index (χ2n) is 9.00. The SMILES string of the molecule is CC(=O)N1C[C@@H]2C1CN2c1cc(-c2cnc(N)c(OC(F)F)c2)nc(N2CC3CC2C3)n1. The van der Waals surface area contributed by atoms with Gasteiger partial charge in [-0.1, -0.05) is 0 Å². The van der Waals surface area contributed by atoms with Crippen LogP contribution in [0.5, 0.6) is 5.75 Å². The first kappa shape index (κ1) is 19.4. The van der Waals surface area contributed by atoms with Gasteiger partial charge in [0.25, 0.3) is 0 Å². The summed E-state index contributed by atoms with van der Waals surface area (Å²) in [5, 5.41) is 0. The smallest absolute Gasteiger partial charge is 0.387 e. The van der Waals surface area contributed by atoms with Crippen molar-refractivity contribution in [3.63, 3.8) is 0 Å². The second kappa shape index (κ2) is 6.88. The molecule has 4 saturated heterocycles. The van der Waals surface area contributed by atoms with Crippen molar-refractivity contribution < 1.29 is 18.3 Å². The summed E-state index contributed by atoms with van der Waals surface area (Å²) < 4.78 is 30.1. The number of piperazine rings is 1. The number of nitrogen functional groups attached to an aromatic ring is 1. The van der Waals surface area contributed by atoms with Gasteiger partial charge < -0.3 is 25.2 Å². The van der Waals surface area contributed by atoms with E-state index in [0.717, 1.165) is 25.2 Å². The molecule has 1 aliphatic carbocycles. The summed E-state index contributed by atoms with van der Waals surface area (Å²) in [6.45, 7) is 0.914. The maximum Gasteiger partial charge on any atom is 0.387 e. The van der Waals surface area contributed by atoms with Gasteiger partial charge >= 0.3 is 6.61 Å². The van der Waals surface area contributed by atoms with Gasteiger partial charge in [0.2, 0.25) is 11.9 Å². The predicted octanol–water partition coefficient (Wildman–Crippen LogP) is 1.74. The largest absolute Gasteiger partial charge is 0.431 e. The average Bonchev–Trinajstić information content (AvgIpc) is 3.31. The minimum Gasteiger partial charge on any atom is -0.431 e. The second-order valence-corrected chi connectivity index (χ2v) is 9.00. The zero-order valence-electron chi connectivity index (χ0n) is 17.5. The van der Waals surface area contributed by atoms with Crippen molar-refractivity contribution in [3.8, 4) is 17.0 Å². The van der Waals surface area contributed by atoms with Crippen LogP contribution in [0, 0.1) is 5.92 Å². The van der Waals surface area contributed by atoms with E-state index in [1.54, 1.807) is 6.92 Å². The summed E-state index contributed by atoms with van der Waals surface area (Å²) in [6, 6.07) is 4.19. The van der Waals surface area contributed by atoms with Crippen molar-refractivity contribution >= 4 is 23.5 Å². The van der Waals surface area contributed by atoms with Gasteiger partial charge in [-0.05, 0) is 24.8 Å². The molecule has 1 amide bonds. The summed E-state index contributed by atoms with van der Waals surface area (Å²) in [5.74, 6) is 1.90. The highest BCUT2D eigenvalue weighted by molar-refractivity contribution is 5.77. The third-order valence-corrected chi connectivity index (χ3v) is 7.17. The average molecular weight is 443 g/mol. The van der Waals surface area contributed by atoms with E-state index in [0.29, 0.717) is 42.3 Å². The molecule has 2 N–H and O–H groups in total. The van der Waals surface area contributed by atoms with Crippen molar-refractivity contribution in [1.82, 2.24) is 19.9 Å². The van der Waals surface area contributed by atoms with E-state index in [1.165, 1.54) is 12.3 Å². The summed E-state index contributed by atoms with van der Waals surface area (Å²) in [7, 11) is 0. The number of hydrogen-bond acceptors (Lipinski definition) is 8. The van der Waals surface area contributed by atoms with Crippen LogP contribution in [0.2, 0.25) is 0 Å². The quantitative estimate of drug-likeness (QED) is 0.746. The maximum atomic E-state index is 12.8. The minimum atomic E-state index is -3.00. The molecule has 2 bridgehead atoms. The van der Waals surface area contributed by atoms with Crippen molar-refractivity contribution in [2.24, 2.45) is 5.92 Å².